The van der Waals surface area contributed by atoms with Gasteiger partial charge in [0.15, 0.2) is 0 Å². The summed E-state index contributed by atoms with van der Waals surface area (Å²) in [6.45, 7) is 7.15. The molecule has 2 bridgehead atoms. The normalized spacial score (nSPS) is 22.5. The van der Waals surface area contributed by atoms with Crippen molar-refractivity contribution in [2.45, 2.75) is 59.4 Å². The zero-order chi connectivity index (χ0) is 24.8. The molecule has 3 aliphatic carbocycles. The number of ether oxygens (including phenoxy) is 1. The molecule has 186 valence electrons. The number of anilines is 1. The molecule has 0 radical (unpaired) electrons. The van der Waals surface area contributed by atoms with Crippen LogP contribution < -0.4 is 10.1 Å². The van der Waals surface area contributed by atoms with Gasteiger partial charge in [0.25, 0.3) is 5.95 Å². The minimum absolute atomic E-state index is 0.0110. The van der Waals surface area contributed by atoms with Gasteiger partial charge in [0.05, 0.1) is 35.6 Å². The van der Waals surface area contributed by atoms with Gasteiger partial charge in [-0.2, -0.15) is 4.98 Å². The van der Waals surface area contributed by atoms with Crippen LogP contribution in [0, 0.1) is 23.7 Å². The standard InChI is InChI=1S/C24H31N7O4/c1-14(2)5-8-19-27-22(29-35-19)25-9-17-20(28-30-31(17)4)16-6-7-18(15(3)26-16)34-13-23-10-24(11-23,12-23)21(32)33/h6-7,14H,5,8-13H2,1-4H3,(H,25,29)(H,32,33). The number of aromatic nitrogens is 6. The van der Waals surface area contributed by atoms with Crippen molar-refractivity contribution in [3.05, 3.63) is 29.4 Å². The summed E-state index contributed by atoms with van der Waals surface area (Å²) in [5.74, 6) is 1.65. The first-order valence-corrected chi connectivity index (χ1v) is 12.0. The first-order chi connectivity index (χ1) is 16.7. The summed E-state index contributed by atoms with van der Waals surface area (Å²) >= 11 is 0. The van der Waals surface area contributed by atoms with E-state index in [0.29, 0.717) is 67.3 Å². The Kier molecular flexibility index (Phi) is 5.72. The van der Waals surface area contributed by atoms with Crippen LogP contribution in [0.3, 0.4) is 0 Å². The summed E-state index contributed by atoms with van der Waals surface area (Å²) < 4.78 is 13.1. The Morgan fingerprint density at radius 1 is 1.29 bits per heavy atom. The Bertz CT molecular complexity index is 1230. The molecule has 0 aromatic carbocycles. The molecular formula is C24H31N7O4. The molecule has 0 unspecified atom stereocenters. The van der Waals surface area contributed by atoms with E-state index in [9.17, 15) is 9.90 Å². The first kappa shape index (κ1) is 23.3. The largest absolute Gasteiger partial charge is 0.491 e. The highest BCUT2D eigenvalue weighted by atomic mass is 16.5. The Morgan fingerprint density at radius 3 is 2.74 bits per heavy atom. The second kappa shape index (κ2) is 8.62. The quantitative estimate of drug-likeness (QED) is 0.418. The van der Waals surface area contributed by atoms with E-state index in [2.05, 4.69) is 39.6 Å². The highest BCUT2D eigenvalue weighted by molar-refractivity contribution is 5.79. The number of pyridine rings is 1. The van der Waals surface area contributed by atoms with Crippen LogP contribution in [0.5, 0.6) is 5.75 Å². The van der Waals surface area contributed by atoms with Crippen molar-refractivity contribution in [2.24, 2.45) is 23.8 Å². The van der Waals surface area contributed by atoms with Crippen molar-refractivity contribution < 1.29 is 19.2 Å². The molecule has 3 aromatic rings. The van der Waals surface area contributed by atoms with Crippen molar-refractivity contribution in [3.63, 3.8) is 0 Å². The van der Waals surface area contributed by atoms with Gasteiger partial charge in [-0.25, -0.2) is 9.67 Å². The van der Waals surface area contributed by atoms with Gasteiger partial charge >= 0.3 is 5.97 Å². The summed E-state index contributed by atoms with van der Waals surface area (Å²) in [4.78, 5) is 20.4. The summed E-state index contributed by atoms with van der Waals surface area (Å²) in [7, 11) is 1.83. The fourth-order valence-corrected chi connectivity index (χ4v) is 5.22. The molecular weight excluding hydrogens is 450 g/mol. The summed E-state index contributed by atoms with van der Waals surface area (Å²) in [5, 5.41) is 25.0. The third-order valence-corrected chi connectivity index (χ3v) is 7.17. The summed E-state index contributed by atoms with van der Waals surface area (Å²) in [5.41, 5.74) is 2.47. The highest BCUT2D eigenvalue weighted by Gasteiger charge is 2.72. The van der Waals surface area contributed by atoms with Crippen LogP contribution in [-0.4, -0.2) is 47.8 Å². The third kappa shape index (κ3) is 4.35. The average Bonchev–Trinajstić information content (AvgIpc) is 3.35. The summed E-state index contributed by atoms with van der Waals surface area (Å²) in [6.07, 6.45) is 3.86. The molecule has 35 heavy (non-hydrogen) atoms. The number of hydrogen-bond acceptors (Lipinski definition) is 9. The Balaban J connectivity index is 1.21. The Morgan fingerprint density at radius 2 is 2.06 bits per heavy atom. The van der Waals surface area contributed by atoms with Gasteiger partial charge < -0.3 is 19.7 Å². The van der Waals surface area contributed by atoms with Crippen LogP contribution >= 0.6 is 0 Å². The minimum Gasteiger partial charge on any atom is -0.491 e. The van der Waals surface area contributed by atoms with Crippen LogP contribution in [0.4, 0.5) is 5.95 Å². The number of carbonyl (C=O) groups is 1. The van der Waals surface area contributed by atoms with Gasteiger partial charge in [-0.15, -0.1) is 5.10 Å². The van der Waals surface area contributed by atoms with Crippen LogP contribution in [0.1, 0.15) is 56.8 Å². The molecule has 0 aliphatic heterocycles. The van der Waals surface area contributed by atoms with E-state index in [1.54, 1.807) is 4.68 Å². The maximum atomic E-state index is 11.3. The molecule has 11 heteroatoms. The maximum absolute atomic E-state index is 11.3. The predicted octanol–water partition coefficient (Wildman–Crippen LogP) is 3.40. The van der Waals surface area contributed by atoms with E-state index >= 15 is 0 Å². The second-order valence-corrected chi connectivity index (χ2v) is 10.5. The molecule has 0 amide bonds. The number of nitrogens with zero attached hydrogens (tertiary/aromatic N) is 6. The van der Waals surface area contributed by atoms with E-state index in [1.165, 1.54) is 0 Å². The third-order valence-electron chi connectivity index (χ3n) is 7.17. The Hall–Kier alpha value is -3.50. The number of rotatable bonds is 11. The van der Waals surface area contributed by atoms with E-state index in [1.807, 2.05) is 26.1 Å². The number of hydrogen-bond donors (Lipinski definition) is 2. The number of carboxylic acids is 1. The zero-order valence-electron chi connectivity index (χ0n) is 20.5. The van der Waals surface area contributed by atoms with Gasteiger partial charge in [0.2, 0.25) is 5.89 Å². The van der Waals surface area contributed by atoms with Crippen molar-refractivity contribution in [3.8, 4) is 17.1 Å². The highest BCUT2D eigenvalue weighted by Crippen LogP contribution is 2.73. The summed E-state index contributed by atoms with van der Waals surface area (Å²) in [6, 6.07) is 3.76. The van der Waals surface area contributed by atoms with Gasteiger partial charge in [-0.05, 0) is 55.8 Å². The maximum Gasteiger partial charge on any atom is 0.309 e. The molecule has 3 saturated carbocycles. The van der Waals surface area contributed by atoms with Gasteiger partial charge in [0.1, 0.15) is 11.4 Å². The fourth-order valence-electron chi connectivity index (χ4n) is 5.22. The van der Waals surface area contributed by atoms with E-state index < -0.39 is 11.4 Å². The average molecular weight is 482 g/mol. The van der Waals surface area contributed by atoms with Crippen LogP contribution in [0.15, 0.2) is 16.7 Å². The topological polar surface area (TPSA) is 141 Å². The SMILES string of the molecule is Cc1nc(-c2nnn(C)c2CNc2noc(CCC(C)C)n2)ccc1OCC12CC(C(=O)O)(C1)C2. The van der Waals surface area contributed by atoms with Crippen LogP contribution in [0.25, 0.3) is 11.4 Å². The van der Waals surface area contributed by atoms with Crippen molar-refractivity contribution >= 4 is 11.9 Å². The number of carboxylic acid groups (broad SMARTS) is 1. The lowest BCUT2D eigenvalue weighted by molar-refractivity contribution is -0.231. The number of nitrogens with one attached hydrogen (secondary N) is 1. The van der Waals surface area contributed by atoms with Crippen LogP contribution in [-0.2, 0) is 24.8 Å². The lowest BCUT2D eigenvalue weighted by Crippen LogP contribution is -2.67. The molecule has 3 heterocycles. The predicted molar refractivity (Wildman–Crippen MR) is 126 cm³/mol. The number of aliphatic carboxylic acids is 1. The molecule has 6 rings (SSSR count). The van der Waals surface area contributed by atoms with Gasteiger partial charge in [-0.1, -0.05) is 19.1 Å². The van der Waals surface area contributed by atoms with E-state index in [-0.39, 0.29) is 5.41 Å². The second-order valence-electron chi connectivity index (χ2n) is 10.5. The monoisotopic (exact) mass is 481 g/mol. The fraction of sp³-hybridized carbons (Fsp3) is 0.583. The molecule has 0 atom stereocenters. The van der Waals surface area contributed by atoms with Gasteiger partial charge in [0, 0.05) is 18.9 Å². The lowest BCUT2D eigenvalue weighted by Gasteiger charge is -2.67. The smallest absolute Gasteiger partial charge is 0.309 e. The van der Waals surface area contributed by atoms with E-state index in [0.717, 1.165) is 24.2 Å². The molecule has 11 nitrogen and oxygen atoms in total. The molecule has 2 N–H and O–H groups in total. The molecule has 3 aliphatic rings. The zero-order valence-corrected chi connectivity index (χ0v) is 20.5. The van der Waals surface area contributed by atoms with Crippen molar-refractivity contribution in [1.82, 2.24) is 30.1 Å². The lowest BCUT2D eigenvalue weighted by atomic mass is 9.35. The molecule has 3 fully saturated rings. The van der Waals surface area contributed by atoms with Gasteiger partial charge in [-0.3, -0.25) is 4.79 Å². The minimum atomic E-state index is -0.679. The number of aryl methyl sites for hydroxylation is 3. The first-order valence-electron chi connectivity index (χ1n) is 12.0. The molecule has 0 saturated heterocycles. The van der Waals surface area contributed by atoms with E-state index in [4.69, 9.17) is 14.2 Å². The van der Waals surface area contributed by atoms with Crippen molar-refractivity contribution in [2.75, 3.05) is 11.9 Å². The van der Waals surface area contributed by atoms with Crippen LogP contribution in [0.2, 0.25) is 0 Å². The molecule has 3 aromatic heterocycles. The molecule has 0 spiro atoms. The van der Waals surface area contributed by atoms with Crippen molar-refractivity contribution in [1.29, 1.82) is 0 Å². The Labute approximate surface area is 203 Å².